The monoisotopic (exact) mass is 284 g/mol. The van der Waals surface area contributed by atoms with Gasteiger partial charge in [0.1, 0.15) is 0 Å². The van der Waals surface area contributed by atoms with Gasteiger partial charge in [0.15, 0.2) is 0 Å². The van der Waals surface area contributed by atoms with Gasteiger partial charge in [-0.2, -0.15) is 0 Å². The third kappa shape index (κ3) is 1.80. The molecule has 116 valence electrons. The molecule has 0 spiro atoms. The lowest BCUT2D eigenvalue weighted by Crippen LogP contribution is -2.42. The molecule has 0 nitrogen and oxygen atoms in total. The Bertz CT molecular complexity index is 488. The highest BCUT2D eigenvalue weighted by Gasteiger charge is 2.70. The average Bonchev–Trinajstić information content (AvgIpc) is 3.06. The SMILES string of the molecule is C=C1C=C2CCCC(C3CCCCC3)C2(C)C2C1C2(C)C. The number of fused-ring (bicyclic) bond motifs is 3. The van der Waals surface area contributed by atoms with Crippen LogP contribution in [0.1, 0.15) is 72.1 Å². The van der Waals surface area contributed by atoms with Gasteiger partial charge >= 0.3 is 0 Å². The smallest absolute Gasteiger partial charge is 0.00427 e. The second-order valence-electron chi connectivity index (χ2n) is 9.20. The summed E-state index contributed by atoms with van der Waals surface area (Å²) in [7, 11) is 0. The van der Waals surface area contributed by atoms with E-state index < -0.39 is 0 Å². The van der Waals surface area contributed by atoms with Crippen molar-refractivity contribution in [2.24, 2.45) is 34.5 Å². The van der Waals surface area contributed by atoms with Gasteiger partial charge in [-0.05, 0) is 53.8 Å². The first-order chi connectivity index (χ1) is 9.97. The van der Waals surface area contributed by atoms with Gasteiger partial charge in [0.05, 0.1) is 0 Å². The lowest BCUT2D eigenvalue weighted by atomic mass is 9.54. The van der Waals surface area contributed by atoms with Gasteiger partial charge in [0.25, 0.3) is 0 Å². The van der Waals surface area contributed by atoms with Gasteiger partial charge in [-0.3, -0.25) is 0 Å². The first kappa shape index (κ1) is 14.1. The van der Waals surface area contributed by atoms with E-state index in [1.165, 1.54) is 56.9 Å². The maximum absolute atomic E-state index is 4.42. The van der Waals surface area contributed by atoms with E-state index in [1.807, 2.05) is 0 Å². The molecule has 0 radical (unpaired) electrons. The van der Waals surface area contributed by atoms with Crippen LogP contribution in [-0.4, -0.2) is 0 Å². The average molecular weight is 284 g/mol. The molecule has 21 heavy (non-hydrogen) atoms. The van der Waals surface area contributed by atoms with Crippen LogP contribution >= 0.6 is 0 Å². The van der Waals surface area contributed by atoms with E-state index in [2.05, 4.69) is 33.4 Å². The number of hydrogen-bond acceptors (Lipinski definition) is 0. The molecular weight excluding hydrogens is 252 g/mol. The fraction of sp³-hybridized carbons (Fsp3) is 0.810. The van der Waals surface area contributed by atoms with Crippen molar-refractivity contribution in [3.63, 3.8) is 0 Å². The molecular formula is C21H32. The van der Waals surface area contributed by atoms with Crippen molar-refractivity contribution in [2.75, 3.05) is 0 Å². The Hall–Kier alpha value is -0.520. The molecule has 3 saturated carbocycles. The minimum Gasteiger partial charge on any atom is -0.0955 e. The quantitative estimate of drug-likeness (QED) is 0.542. The van der Waals surface area contributed by atoms with Crippen LogP contribution in [0.15, 0.2) is 23.8 Å². The molecule has 0 amide bonds. The minimum absolute atomic E-state index is 0.494. The molecule has 0 heterocycles. The van der Waals surface area contributed by atoms with Crippen molar-refractivity contribution in [1.29, 1.82) is 0 Å². The van der Waals surface area contributed by atoms with Crippen LogP contribution in [0.2, 0.25) is 0 Å². The van der Waals surface area contributed by atoms with Crippen LogP contribution in [-0.2, 0) is 0 Å². The Morgan fingerprint density at radius 1 is 1.00 bits per heavy atom. The molecule has 3 fully saturated rings. The summed E-state index contributed by atoms with van der Waals surface area (Å²) in [4.78, 5) is 0. The standard InChI is InChI=1S/C21H32/c1-14-13-16-11-8-12-17(15-9-6-5-7-10-15)21(16,4)19-18(14)20(19,2)3/h13,15,17-19H,1,5-12H2,2-4H3. The molecule has 4 rings (SSSR count). The number of rotatable bonds is 1. The van der Waals surface area contributed by atoms with Gasteiger partial charge < -0.3 is 0 Å². The number of allylic oxidation sites excluding steroid dienone is 3. The molecule has 0 heteroatoms. The van der Waals surface area contributed by atoms with E-state index in [-0.39, 0.29) is 0 Å². The predicted octanol–water partition coefficient (Wildman–Crippen LogP) is 6.14. The summed E-state index contributed by atoms with van der Waals surface area (Å²) in [5.41, 5.74) is 4.21. The van der Waals surface area contributed by atoms with E-state index >= 15 is 0 Å². The van der Waals surface area contributed by atoms with Crippen LogP contribution in [0.4, 0.5) is 0 Å². The zero-order valence-electron chi connectivity index (χ0n) is 14.3. The van der Waals surface area contributed by atoms with Gasteiger partial charge in [-0.1, -0.05) is 76.7 Å². The molecule has 4 aliphatic carbocycles. The van der Waals surface area contributed by atoms with Crippen molar-refractivity contribution < 1.29 is 0 Å². The van der Waals surface area contributed by atoms with Crippen molar-refractivity contribution in [3.8, 4) is 0 Å². The third-order valence-corrected chi connectivity index (χ3v) is 7.87. The zero-order valence-corrected chi connectivity index (χ0v) is 14.3. The molecule has 0 aromatic heterocycles. The fourth-order valence-corrected chi connectivity index (χ4v) is 7.00. The van der Waals surface area contributed by atoms with Gasteiger partial charge in [-0.15, -0.1) is 0 Å². The van der Waals surface area contributed by atoms with Gasteiger partial charge in [-0.25, -0.2) is 0 Å². The Morgan fingerprint density at radius 2 is 1.71 bits per heavy atom. The topological polar surface area (TPSA) is 0 Å². The zero-order chi connectivity index (χ0) is 14.8. The molecule has 0 bridgehead atoms. The summed E-state index contributed by atoms with van der Waals surface area (Å²) >= 11 is 0. The fourth-order valence-electron chi connectivity index (χ4n) is 7.00. The highest BCUT2D eigenvalue weighted by molar-refractivity contribution is 5.44. The van der Waals surface area contributed by atoms with Crippen LogP contribution in [0.3, 0.4) is 0 Å². The van der Waals surface area contributed by atoms with Crippen LogP contribution in [0.25, 0.3) is 0 Å². The summed E-state index contributed by atoms with van der Waals surface area (Å²) in [6.07, 6.45) is 14.3. The number of hydrogen-bond donors (Lipinski definition) is 0. The largest absolute Gasteiger partial charge is 0.0955 e. The van der Waals surface area contributed by atoms with Crippen molar-refractivity contribution >= 4 is 0 Å². The maximum atomic E-state index is 4.42. The molecule has 0 aromatic carbocycles. The maximum Gasteiger partial charge on any atom is -0.00427 e. The molecule has 0 saturated heterocycles. The summed E-state index contributed by atoms with van der Waals surface area (Å²) in [6.45, 7) is 12.1. The summed E-state index contributed by atoms with van der Waals surface area (Å²) in [6, 6.07) is 0. The predicted molar refractivity (Wildman–Crippen MR) is 90.0 cm³/mol. The second-order valence-corrected chi connectivity index (χ2v) is 9.20. The first-order valence-electron chi connectivity index (χ1n) is 9.37. The molecule has 0 N–H and O–H groups in total. The van der Waals surface area contributed by atoms with E-state index in [4.69, 9.17) is 0 Å². The summed E-state index contributed by atoms with van der Waals surface area (Å²) in [5, 5.41) is 0. The van der Waals surface area contributed by atoms with Gasteiger partial charge in [0.2, 0.25) is 0 Å². The minimum atomic E-state index is 0.494. The molecule has 0 aliphatic heterocycles. The Labute approximate surface area is 131 Å². The van der Waals surface area contributed by atoms with Crippen LogP contribution < -0.4 is 0 Å². The lowest BCUT2D eigenvalue weighted by Gasteiger charge is -2.51. The molecule has 4 aliphatic rings. The highest BCUT2D eigenvalue weighted by Crippen LogP contribution is 2.76. The first-order valence-corrected chi connectivity index (χ1v) is 9.37. The Morgan fingerprint density at radius 3 is 2.43 bits per heavy atom. The molecule has 0 aromatic rings. The van der Waals surface area contributed by atoms with Crippen molar-refractivity contribution in [1.82, 2.24) is 0 Å². The lowest BCUT2D eigenvalue weighted by molar-refractivity contribution is 0.0578. The van der Waals surface area contributed by atoms with Crippen molar-refractivity contribution in [2.45, 2.75) is 72.1 Å². The van der Waals surface area contributed by atoms with Gasteiger partial charge in [0, 0.05) is 0 Å². The Kier molecular flexibility index (Phi) is 3.02. The normalized spacial score (nSPS) is 45.6. The van der Waals surface area contributed by atoms with Crippen LogP contribution in [0, 0.1) is 34.5 Å². The van der Waals surface area contributed by atoms with E-state index in [0.717, 1.165) is 23.7 Å². The van der Waals surface area contributed by atoms with E-state index in [0.29, 0.717) is 10.8 Å². The molecule has 4 unspecified atom stereocenters. The second kappa shape index (κ2) is 4.49. The van der Waals surface area contributed by atoms with Crippen LogP contribution in [0.5, 0.6) is 0 Å². The summed E-state index contributed by atoms with van der Waals surface area (Å²) < 4.78 is 0. The van der Waals surface area contributed by atoms with E-state index in [9.17, 15) is 0 Å². The highest BCUT2D eigenvalue weighted by atomic mass is 14.7. The van der Waals surface area contributed by atoms with Crippen molar-refractivity contribution in [3.05, 3.63) is 23.8 Å². The summed E-state index contributed by atoms with van der Waals surface area (Å²) in [5.74, 6) is 3.62. The van der Waals surface area contributed by atoms with E-state index in [1.54, 1.807) is 5.57 Å². The third-order valence-electron chi connectivity index (χ3n) is 7.87. The Balaban J connectivity index is 1.72. The molecule has 4 atom stereocenters.